The molecule has 1 unspecified atom stereocenters. The molecule has 142 valence electrons. The maximum Gasteiger partial charge on any atom is 0.410 e. The van der Waals surface area contributed by atoms with E-state index in [1.807, 2.05) is 0 Å². The average molecular weight is 358 g/mol. The molecule has 2 aliphatic rings. The molecule has 0 bridgehead atoms. The van der Waals surface area contributed by atoms with Gasteiger partial charge in [0.2, 0.25) is 5.91 Å². The van der Waals surface area contributed by atoms with Crippen molar-refractivity contribution < 1.29 is 14.3 Å². The number of nitrogens with zero attached hydrogens (tertiary/aromatic N) is 1. The number of ether oxygens (including phenoxy) is 1. The highest BCUT2D eigenvalue weighted by Crippen LogP contribution is 2.30. The molecule has 1 saturated carbocycles. The first kappa shape index (κ1) is 18.7. The van der Waals surface area contributed by atoms with E-state index in [1.165, 1.54) is 11.1 Å². The highest BCUT2D eigenvalue weighted by atomic mass is 16.6. The largest absolute Gasteiger partial charge is 0.442 e. The van der Waals surface area contributed by atoms with Gasteiger partial charge in [0.1, 0.15) is 6.10 Å². The minimum absolute atomic E-state index is 0.0252. The smallest absolute Gasteiger partial charge is 0.410 e. The number of amides is 2. The van der Waals surface area contributed by atoms with Crippen molar-refractivity contribution in [3.63, 3.8) is 0 Å². The van der Waals surface area contributed by atoms with Gasteiger partial charge in [-0.05, 0) is 42.2 Å². The third-order valence-corrected chi connectivity index (χ3v) is 5.11. The second-order valence-corrected chi connectivity index (χ2v) is 8.49. The van der Waals surface area contributed by atoms with E-state index in [0.717, 1.165) is 25.7 Å². The van der Waals surface area contributed by atoms with E-state index in [2.05, 4.69) is 50.4 Å². The van der Waals surface area contributed by atoms with Crippen molar-refractivity contribution in [2.24, 2.45) is 0 Å². The number of hydrogen-bond acceptors (Lipinski definition) is 3. The van der Waals surface area contributed by atoms with Crippen LogP contribution in [0.5, 0.6) is 0 Å². The maximum absolute atomic E-state index is 12.0. The molecule has 5 nitrogen and oxygen atoms in total. The van der Waals surface area contributed by atoms with Crippen molar-refractivity contribution in [1.82, 2.24) is 10.2 Å². The van der Waals surface area contributed by atoms with Crippen LogP contribution >= 0.6 is 0 Å². The molecular weight excluding hydrogens is 328 g/mol. The predicted molar refractivity (Wildman–Crippen MR) is 101 cm³/mol. The molecular formula is C21H30N2O3. The van der Waals surface area contributed by atoms with Crippen molar-refractivity contribution in [3.8, 4) is 0 Å². The molecule has 1 aromatic carbocycles. The second kappa shape index (κ2) is 7.68. The topological polar surface area (TPSA) is 58.6 Å². The van der Waals surface area contributed by atoms with Crippen molar-refractivity contribution in [2.45, 2.75) is 70.4 Å². The molecule has 1 aliphatic heterocycles. The Labute approximate surface area is 156 Å². The van der Waals surface area contributed by atoms with Gasteiger partial charge >= 0.3 is 6.09 Å². The Morgan fingerprint density at radius 1 is 1.23 bits per heavy atom. The number of cyclic esters (lactones) is 1. The quantitative estimate of drug-likeness (QED) is 0.813. The Hall–Kier alpha value is -2.04. The van der Waals surface area contributed by atoms with E-state index in [-0.39, 0.29) is 23.5 Å². The van der Waals surface area contributed by atoms with Crippen LogP contribution in [0.15, 0.2) is 24.3 Å². The van der Waals surface area contributed by atoms with Crippen molar-refractivity contribution in [3.05, 3.63) is 35.4 Å². The SMILES string of the molecule is CC(C)(C)c1ccc(CCCC(=O)NCC2CN(C3CC3)C(=O)O2)cc1. The van der Waals surface area contributed by atoms with Crippen LogP contribution in [0.3, 0.4) is 0 Å². The zero-order chi connectivity index (χ0) is 18.7. The summed E-state index contributed by atoms with van der Waals surface area (Å²) in [5.41, 5.74) is 2.75. The number of carbonyl (C=O) groups excluding carboxylic acids is 2. The van der Waals surface area contributed by atoms with Gasteiger partial charge < -0.3 is 15.0 Å². The first-order chi connectivity index (χ1) is 12.3. The predicted octanol–water partition coefficient (Wildman–Crippen LogP) is 3.41. The van der Waals surface area contributed by atoms with Gasteiger partial charge in [-0.1, -0.05) is 45.0 Å². The molecule has 2 amide bonds. The third kappa shape index (κ3) is 4.99. The summed E-state index contributed by atoms with van der Waals surface area (Å²) in [7, 11) is 0. The third-order valence-electron chi connectivity index (χ3n) is 5.11. The van der Waals surface area contributed by atoms with Gasteiger partial charge in [-0.15, -0.1) is 0 Å². The van der Waals surface area contributed by atoms with E-state index in [1.54, 1.807) is 4.90 Å². The van der Waals surface area contributed by atoms with Crippen LogP contribution in [0.2, 0.25) is 0 Å². The summed E-state index contributed by atoms with van der Waals surface area (Å²) in [4.78, 5) is 25.5. The molecule has 1 heterocycles. The Morgan fingerprint density at radius 2 is 1.92 bits per heavy atom. The summed E-state index contributed by atoms with van der Waals surface area (Å²) in [6, 6.07) is 9.03. The van der Waals surface area contributed by atoms with E-state index < -0.39 is 0 Å². The molecule has 1 saturated heterocycles. The first-order valence-electron chi connectivity index (χ1n) is 9.66. The van der Waals surface area contributed by atoms with Gasteiger partial charge in [0.15, 0.2) is 0 Å². The minimum atomic E-state index is -0.231. The van der Waals surface area contributed by atoms with Crippen molar-refractivity contribution in [2.75, 3.05) is 13.1 Å². The maximum atomic E-state index is 12.0. The van der Waals surface area contributed by atoms with E-state index in [0.29, 0.717) is 25.6 Å². The van der Waals surface area contributed by atoms with Gasteiger partial charge in [-0.2, -0.15) is 0 Å². The number of benzene rings is 1. The fourth-order valence-corrected chi connectivity index (χ4v) is 3.27. The summed E-state index contributed by atoms with van der Waals surface area (Å²) in [5.74, 6) is 0.0252. The molecule has 1 aliphatic carbocycles. The van der Waals surface area contributed by atoms with E-state index >= 15 is 0 Å². The fraction of sp³-hybridized carbons (Fsp3) is 0.619. The summed E-state index contributed by atoms with van der Waals surface area (Å²) >= 11 is 0. The van der Waals surface area contributed by atoms with Gasteiger partial charge in [0.05, 0.1) is 13.1 Å². The molecule has 1 N–H and O–H groups in total. The van der Waals surface area contributed by atoms with Gasteiger partial charge in [0.25, 0.3) is 0 Å². The number of rotatable bonds is 7. The summed E-state index contributed by atoms with van der Waals surface area (Å²) in [6.45, 7) is 7.63. The Bertz CT molecular complexity index is 644. The zero-order valence-corrected chi connectivity index (χ0v) is 16.1. The lowest BCUT2D eigenvalue weighted by Gasteiger charge is -2.19. The van der Waals surface area contributed by atoms with Crippen LogP contribution in [0.25, 0.3) is 0 Å². The number of carbonyl (C=O) groups is 2. The summed E-state index contributed by atoms with van der Waals surface area (Å²) < 4.78 is 5.31. The first-order valence-corrected chi connectivity index (χ1v) is 9.66. The van der Waals surface area contributed by atoms with E-state index in [4.69, 9.17) is 4.74 Å². The van der Waals surface area contributed by atoms with Gasteiger partial charge in [-0.3, -0.25) is 4.79 Å². The van der Waals surface area contributed by atoms with Crippen LogP contribution in [-0.2, 0) is 21.4 Å². The van der Waals surface area contributed by atoms with E-state index in [9.17, 15) is 9.59 Å². The molecule has 0 radical (unpaired) electrons. The fourth-order valence-electron chi connectivity index (χ4n) is 3.27. The standard InChI is InChI=1S/C21H30N2O3/c1-21(2,3)16-9-7-15(8-10-16)5-4-6-19(24)22-13-18-14-23(17-11-12-17)20(25)26-18/h7-10,17-18H,4-6,11-14H2,1-3H3,(H,22,24). The Kier molecular flexibility index (Phi) is 5.54. The number of hydrogen-bond donors (Lipinski definition) is 1. The average Bonchev–Trinajstić information content (AvgIpc) is 3.35. The molecule has 1 atom stereocenters. The molecule has 26 heavy (non-hydrogen) atoms. The lowest BCUT2D eigenvalue weighted by atomic mass is 9.86. The van der Waals surface area contributed by atoms with Crippen LogP contribution in [0, 0.1) is 0 Å². The molecule has 0 aromatic heterocycles. The van der Waals surface area contributed by atoms with Crippen LogP contribution in [0.1, 0.15) is 57.6 Å². The Morgan fingerprint density at radius 3 is 2.54 bits per heavy atom. The van der Waals surface area contributed by atoms with Gasteiger partial charge in [0, 0.05) is 12.5 Å². The number of nitrogens with one attached hydrogen (secondary N) is 1. The monoisotopic (exact) mass is 358 g/mol. The highest BCUT2D eigenvalue weighted by molar-refractivity contribution is 5.76. The van der Waals surface area contributed by atoms with Crippen LogP contribution in [-0.4, -0.2) is 42.1 Å². The Balaban J connectivity index is 1.33. The summed E-state index contributed by atoms with van der Waals surface area (Å²) in [5, 5.41) is 2.90. The minimum Gasteiger partial charge on any atom is -0.442 e. The van der Waals surface area contributed by atoms with Crippen LogP contribution < -0.4 is 5.32 Å². The summed E-state index contributed by atoms with van der Waals surface area (Å²) in [6.07, 6.45) is 3.91. The molecule has 2 fully saturated rings. The van der Waals surface area contributed by atoms with Crippen molar-refractivity contribution in [1.29, 1.82) is 0 Å². The molecule has 1 aromatic rings. The van der Waals surface area contributed by atoms with Crippen molar-refractivity contribution >= 4 is 12.0 Å². The molecule has 0 spiro atoms. The molecule has 5 heteroatoms. The normalized spacial score (nSPS) is 20.2. The van der Waals surface area contributed by atoms with Crippen LogP contribution in [0.4, 0.5) is 4.79 Å². The lowest BCUT2D eigenvalue weighted by Crippen LogP contribution is -2.34. The highest BCUT2D eigenvalue weighted by Gasteiger charge is 2.40. The molecule has 3 rings (SSSR count). The second-order valence-electron chi connectivity index (χ2n) is 8.49. The number of aryl methyl sites for hydroxylation is 1. The van der Waals surface area contributed by atoms with Gasteiger partial charge in [-0.25, -0.2) is 4.79 Å². The zero-order valence-electron chi connectivity index (χ0n) is 16.1. The lowest BCUT2D eigenvalue weighted by molar-refractivity contribution is -0.121.